The Hall–Kier alpha value is -2.10. The second kappa shape index (κ2) is 4.64. The number of carbonyl (C=O) groups is 1. The SMILES string of the molecule is Cc1cccc(C)c1NC(=O)c1c(C)noc1C. The molecule has 4 nitrogen and oxygen atoms in total. The third-order valence-corrected chi connectivity index (χ3v) is 2.98. The molecule has 18 heavy (non-hydrogen) atoms. The van der Waals surface area contributed by atoms with Gasteiger partial charge >= 0.3 is 0 Å². The summed E-state index contributed by atoms with van der Waals surface area (Å²) in [6.45, 7) is 7.43. The van der Waals surface area contributed by atoms with Gasteiger partial charge in [0.2, 0.25) is 0 Å². The molecule has 0 aliphatic rings. The highest BCUT2D eigenvalue weighted by Gasteiger charge is 2.18. The lowest BCUT2D eigenvalue weighted by Gasteiger charge is -2.11. The molecule has 1 amide bonds. The molecule has 0 saturated carbocycles. The fourth-order valence-electron chi connectivity index (χ4n) is 1.99. The highest BCUT2D eigenvalue weighted by molar-refractivity contribution is 6.06. The van der Waals surface area contributed by atoms with E-state index in [1.165, 1.54) is 0 Å². The van der Waals surface area contributed by atoms with Gasteiger partial charge in [0, 0.05) is 5.69 Å². The molecule has 1 heterocycles. The highest BCUT2D eigenvalue weighted by Crippen LogP contribution is 2.21. The molecule has 0 bridgehead atoms. The van der Waals surface area contributed by atoms with Crippen molar-refractivity contribution in [1.29, 1.82) is 0 Å². The number of rotatable bonds is 2. The van der Waals surface area contributed by atoms with E-state index >= 15 is 0 Å². The molecular formula is C14H16N2O2. The Balaban J connectivity index is 2.33. The first-order valence-electron chi connectivity index (χ1n) is 5.81. The second-order valence-corrected chi connectivity index (χ2v) is 4.42. The van der Waals surface area contributed by atoms with Crippen molar-refractivity contribution in [3.8, 4) is 0 Å². The lowest BCUT2D eigenvalue weighted by Crippen LogP contribution is -2.15. The summed E-state index contributed by atoms with van der Waals surface area (Å²) in [7, 11) is 0. The average Bonchev–Trinajstić information content (AvgIpc) is 2.64. The lowest BCUT2D eigenvalue weighted by atomic mass is 10.1. The van der Waals surface area contributed by atoms with Crippen LogP contribution in [-0.4, -0.2) is 11.1 Å². The number of amides is 1. The van der Waals surface area contributed by atoms with Gasteiger partial charge in [0.05, 0.1) is 5.69 Å². The second-order valence-electron chi connectivity index (χ2n) is 4.42. The number of nitrogens with zero attached hydrogens (tertiary/aromatic N) is 1. The van der Waals surface area contributed by atoms with Crippen molar-refractivity contribution in [2.45, 2.75) is 27.7 Å². The van der Waals surface area contributed by atoms with Crippen LogP contribution in [0, 0.1) is 27.7 Å². The van der Waals surface area contributed by atoms with E-state index in [4.69, 9.17) is 4.52 Å². The standard InChI is InChI=1S/C14H16N2O2/c1-8-6-5-7-9(2)13(8)15-14(17)12-10(3)16-18-11(12)4/h5-7H,1-4H3,(H,15,17). The maximum Gasteiger partial charge on any atom is 0.261 e. The van der Waals surface area contributed by atoms with Gasteiger partial charge in [0.25, 0.3) is 5.91 Å². The first-order chi connectivity index (χ1) is 8.50. The molecule has 2 rings (SSSR count). The molecule has 94 valence electrons. The molecule has 0 fully saturated rings. The Bertz CT molecular complexity index is 560. The van der Waals surface area contributed by atoms with Gasteiger partial charge in [0.15, 0.2) is 0 Å². The fourth-order valence-corrected chi connectivity index (χ4v) is 1.99. The summed E-state index contributed by atoms with van der Waals surface area (Å²) in [6.07, 6.45) is 0. The molecule has 0 unspecified atom stereocenters. The van der Waals surface area contributed by atoms with Gasteiger partial charge in [-0.2, -0.15) is 0 Å². The first-order valence-corrected chi connectivity index (χ1v) is 5.81. The van der Waals surface area contributed by atoms with Crippen molar-refractivity contribution in [3.63, 3.8) is 0 Å². The van der Waals surface area contributed by atoms with Crippen molar-refractivity contribution in [2.24, 2.45) is 0 Å². The molecule has 0 atom stereocenters. The summed E-state index contributed by atoms with van der Waals surface area (Å²) in [5.41, 5.74) is 4.04. The number of benzene rings is 1. The van der Waals surface area contributed by atoms with Crippen LogP contribution in [0.4, 0.5) is 5.69 Å². The third kappa shape index (κ3) is 2.14. The van der Waals surface area contributed by atoms with Crippen molar-refractivity contribution in [3.05, 3.63) is 46.3 Å². The Morgan fingerprint density at radius 1 is 1.17 bits per heavy atom. The number of anilines is 1. The van der Waals surface area contributed by atoms with E-state index in [2.05, 4.69) is 10.5 Å². The van der Waals surface area contributed by atoms with E-state index in [0.29, 0.717) is 17.0 Å². The van der Waals surface area contributed by atoms with Crippen LogP contribution in [0.5, 0.6) is 0 Å². The monoisotopic (exact) mass is 244 g/mol. The van der Waals surface area contributed by atoms with Crippen molar-refractivity contribution < 1.29 is 9.32 Å². The van der Waals surface area contributed by atoms with E-state index in [1.54, 1.807) is 13.8 Å². The molecule has 0 aliphatic heterocycles. The van der Waals surface area contributed by atoms with Crippen LogP contribution in [0.25, 0.3) is 0 Å². The van der Waals surface area contributed by atoms with E-state index in [-0.39, 0.29) is 5.91 Å². The van der Waals surface area contributed by atoms with Crippen LogP contribution in [-0.2, 0) is 0 Å². The van der Waals surface area contributed by atoms with Gasteiger partial charge in [0.1, 0.15) is 11.3 Å². The number of hydrogen-bond donors (Lipinski definition) is 1. The van der Waals surface area contributed by atoms with E-state index < -0.39 is 0 Å². The highest BCUT2D eigenvalue weighted by atomic mass is 16.5. The molecule has 0 saturated heterocycles. The van der Waals surface area contributed by atoms with Crippen LogP contribution in [0.1, 0.15) is 32.9 Å². The summed E-state index contributed by atoms with van der Waals surface area (Å²) >= 11 is 0. The van der Waals surface area contributed by atoms with Crippen LogP contribution in [0.2, 0.25) is 0 Å². The quantitative estimate of drug-likeness (QED) is 0.882. The number of aryl methyl sites for hydroxylation is 4. The van der Waals surface area contributed by atoms with Crippen molar-refractivity contribution >= 4 is 11.6 Å². The van der Waals surface area contributed by atoms with Gasteiger partial charge in [-0.25, -0.2) is 0 Å². The number of carbonyl (C=O) groups excluding carboxylic acids is 1. The van der Waals surface area contributed by atoms with Crippen LogP contribution < -0.4 is 5.32 Å². The summed E-state index contributed by atoms with van der Waals surface area (Å²) in [6, 6.07) is 5.90. The van der Waals surface area contributed by atoms with Gasteiger partial charge in [-0.3, -0.25) is 4.79 Å². The minimum absolute atomic E-state index is 0.177. The van der Waals surface area contributed by atoms with Crippen LogP contribution in [0.3, 0.4) is 0 Å². The number of aromatic nitrogens is 1. The maximum atomic E-state index is 12.2. The molecule has 0 aliphatic carbocycles. The number of nitrogens with one attached hydrogen (secondary N) is 1. The Morgan fingerprint density at radius 3 is 2.28 bits per heavy atom. The molecule has 1 N–H and O–H groups in total. The fraction of sp³-hybridized carbons (Fsp3) is 0.286. The maximum absolute atomic E-state index is 12.2. The third-order valence-electron chi connectivity index (χ3n) is 2.98. The zero-order valence-electron chi connectivity index (χ0n) is 11.0. The van der Waals surface area contributed by atoms with Crippen molar-refractivity contribution in [1.82, 2.24) is 5.16 Å². The summed E-state index contributed by atoms with van der Waals surface area (Å²) in [4.78, 5) is 12.2. The first kappa shape index (κ1) is 12.4. The lowest BCUT2D eigenvalue weighted by molar-refractivity contribution is 0.102. The summed E-state index contributed by atoms with van der Waals surface area (Å²) < 4.78 is 5.00. The van der Waals surface area contributed by atoms with Gasteiger partial charge in [-0.1, -0.05) is 23.4 Å². The number of para-hydroxylation sites is 1. The van der Waals surface area contributed by atoms with E-state index in [0.717, 1.165) is 16.8 Å². The zero-order valence-corrected chi connectivity index (χ0v) is 11.0. The zero-order chi connectivity index (χ0) is 13.3. The smallest absolute Gasteiger partial charge is 0.261 e. The minimum atomic E-state index is -0.177. The van der Waals surface area contributed by atoms with Gasteiger partial charge < -0.3 is 9.84 Å². The molecule has 1 aromatic carbocycles. The Morgan fingerprint density at radius 2 is 1.78 bits per heavy atom. The molecule has 2 aromatic rings. The van der Waals surface area contributed by atoms with E-state index in [1.807, 2.05) is 32.0 Å². The predicted molar refractivity (Wildman–Crippen MR) is 69.8 cm³/mol. The average molecular weight is 244 g/mol. The van der Waals surface area contributed by atoms with Gasteiger partial charge in [-0.05, 0) is 38.8 Å². The topological polar surface area (TPSA) is 55.1 Å². The molecule has 4 heteroatoms. The molecule has 1 aromatic heterocycles. The summed E-state index contributed by atoms with van der Waals surface area (Å²) in [5, 5.41) is 6.71. The molecule has 0 radical (unpaired) electrons. The largest absolute Gasteiger partial charge is 0.361 e. The van der Waals surface area contributed by atoms with Crippen molar-refractivity contribution in [2.75, 3.05) is 5.32 Å². The predicted octanol–water partition coefficient (Wildman–Crippen LogP) is 3.16. The van der Waals surface area contributed by atoms with Gasteiger partial charge in [-0.15, -0.1) is 0 Å². The number of hydrogen-bond acceptors (Lipinski definition) is 3. The molecular weight excluding hydrogens is 228 g/mol. The Kier molecular flexibility index (Phi) is 3.19. The van der Waals surface area contributed by atoms with Crippen LogP contribution in [0.15, 0.2) is 22.7 Å². The molecule has 0 spiro atoms. The minimum Gasteiger partial charge on any atom is -0.361 e. The summed E-state index contributed by atoms with van der Waals surface area (Å²) in [5.74, 6) is 0.361. The normalized spacial score (nSPS) is 10.4. The van der Waals surface area contributed by atoms with Crippen LogP contribution >= 0.6 is 0 Å². The van der Waals surface area contributed by atoms with E-state index in [9.17, 15) is 4.79 Å². The Labute approximate surface area is 106 Å².